The number of fused-ring (bicyclic) bond motifs is 1. The van der Waals surface area contributed by atoms with Gasteiger partial charge in [0, 0.05) is 24.1 Å². The molecule has 0 aliphatic carbocycles. The van der Waals surface area contributed by atoms with Crippen molar-refractivity contribution in [3.05, 3.63) is 48.0 Å². The Kier molecular flexibility index (Phi) is 3.41. The maximum absolute atomic E-state index is 10.2. The number of hydrogen-bond donors (Lipinski definition) is 2. The van der Waals surface area contributed by atoms with E-state index in [0.717, 1.165) is 41.0 Å². The molecule has 2 aromatic carbocycles. The molecule has 0 radical (unpaired) electrons. The van der Waals surface area contributed by atoms with E-state index < -0.39 is 0 Å². The molecule has 1 aliphatic heterocycles. The van der Waals surface area contributed by atoms with Crippen molar-refractivity contribution in [1.29, 1.82) is 5.41 Å². The average Bonchev–Trinajstić information content (AvgIpc) is 3.00. The summed E-state index contributed by atoms with van der Waals surface area (Å²) >= 11 is 0. The molecule has 0 spiro atoms. The predicted molar refractivity (Wildman–Crippen MR) is 95.9 cm³/mol. The molecule has 5 heteroatoms. The number of benzene rings is 2. The van der Waals surface area contributed by atoms with Gasteiger partial charge < -0.3 is 15.4 Å². The lowest BCUT2D eigenvalue weighted by Crippen LogP contribution is -2.21. The molecule has 1 aliphatic rings. The van der Waals surface area contributed by atoms with E-state index in [-0.39, 0.29) is 5.75 Å². The van der Waals surface area contributed by atoms with Crippen LogP contribution in [0.3, 0.4) is 0 Å². The van der Waals surface area contributed by atoms with Crippen molar-refractivity contribution in [2.24, 2.45) is 0 Å². The highest BCUT2D eigenvalue weighted by atomic mass is 16.3. The molecule has 3 aromatic rings. The van der Waals surface area contributed by atoms with Gasteiger partial charge in [-0.3, -0.25) is 0 Å². The predicted octanol–water partition coefficient (Wildman–Crippen LogP) is 3.54. The SMILES string of the molecule is Cc1ccc2c(N3CCC(=N)C3)nc(-c3ccccc3O)nc2c1. The van der Waals surface area contributed by atoms with Gasteiger partial charge in [-0.2, -0.15) is 0 Å². The Morgan fingerprint density at radius 1 is 1.12 bits per heavy atom. The van der Waals surface area contributed by atoms with Crippen LogP contribution in [-0.4, -0.2) is 33.9 Å². The molecule has 0 saturated carbocycles. The first-order valence-corrected chi connectivity index (χ1v) is 8.00. The first-order valence-electron chi connectivity index (χ1n) is 8.00. The van der Waals surface area contributed by atoms with Crippen molar-refractivity contribution in [3.63, 3.8) is 0 Å². The topological polar surface area (TPSA) is 73.1 Å². The van der Waals surface area contributed by atoms with Gasteiger partial charge in [0.15, 0.2) is 5.82 Å². The molecule has 2 heterocycles. The largest absolute Gasteiger partial charge is 0.507 e. The summed E-state index contributed by atoms with van der Waals surface area (Å²) in [4.78, 5) is 11.5. The third kappa shape index (κ3) is 2.48. The molecule has 5 nitrogen and oxygen atoms in total. The maximum Gasteiger partial charge on any atom is 0.165 e. The van der Waals surface area contributed by atoms with E-state index in [4.69, 9.17) is 10.4 Å². The quantitative estimate of drug-likeness (QED) is 0.758. The molecule has 1 aromatic heterocycles. The molecule has 24 heavy (non-hydrogen) atoms. The average molecular weight is 318 g/mol. The van der Waals surface area contributed by atoms with E-state index in [1.807, 2.05) is 31.2 Å². The van der Waals surface area contributed by atoms with Crippen LogP contribution in [-0.2, 0) is 0 Å². The van der Waals surface area contributed by atoms with E-state index in [9.17, 15) is 5.11 Å². The van der Waals surface area contributed by atoms with Crippen LogP contribution in [0.2, 0.25) is 0 Å². The Morgan fingerprint density at radius 2 is 1.96 bits per heavy atom. The number of aromatic nitrogens is 2. The second-order valence-corrected chi connectivity index (χ2v) is 6.18. The zero-order valence-corrected chi connectivity index (χ0v) is 13.5. The summed E-state index contributed by atoms with van der Waals surface area (Å²) in [6.45, 7) is 3.42. The number of hydrogen-bond acceptors (Lipinski definition) is 5. The van der Waals surface area contributed by atoms with Crippen LogP contribution in [0.4, 0.5) is 5.82 Å². The van der Waals surface area contributed by atoms with Gasteiger partial charge in [0.25, 0.3) is 0 Å². The molecule has 0 unspecified atom stereocenters. The second kappa shape index (κ2) is 5.60. The van der Waals surface area contributed by atoms with Crippen LogP contribution >= 0.6 is 0 Å². The highest BCUT2D eigenvalue weighted by Crippen LogP contribution is 2.32. The monoisotopic (exact) mass is 318 g/mol. The van der Waals surface area contributed by atoms with Gasteiger partial charge in [-0.15, -0.1) is 0 Å². The lowest BCUT2D eigenvalue weighted by Gasteiger charge is -2.19. The highest BCUT2D eigenvalue weighted by molar-refractivity contribution is 5.96. The van der Waals surface area contributed by atoms with E-state index in [1.165, 1.54) is 0 Å². The van der Waals surface area contributed by atoms with Crippen LogP contribution in [0.5, 0.6) is 5.75 Å². The Morgan fingerprint density at radius 3 is 2.71 bits per heavy atom. The van der Waals surface area contributed by atoms with Gasteiger partial charge in [-0.25, -0.2) is 9.97 Å². The summed E-state index contributed by atoms with van der Waals surface area (Å²) in [7, 11) is 0. The number of phenolic OH excluding ortho intramolecular Hbond substituents is 1. The molecule has 2 N–H and O–H groups in total. The number of aromatic hydroxyl groups is 1. The number of aryl methyl sites for hydroxylation is 1. The number of anilines is 1. The van der Waals surface area contributed by atoms with Crippen molar-refractivity contribution in [2.75, 3.05) is 18.0 Å². The summed E-state index contributed by atoms with van der Waals surface area (Å²) in [5, 5.41) is 19.0. The zero-order chi connectivity index (χ0) is 16.7. The Hall–Kier alpha value is -2.95. The Bertz CT molecular complexity index is 951. The summed E-state index contributed by atoms with van der Waals surface area (Å²) in [6, 6.07) is 13.2. The second-order valence-electron chi connectivity index (χ2n) is 6.18. The minimum absolute atomic E-state index is 0.171. The van der Waals surface area contributed by atoms with E-state index in [0.29, 0.717) is 17.9 Å². The van der Waals surface area contributed by atoms with Crippen LogP contribution < -0.4 is 4.90 Å². The third-order valence-corrected chi connectivity index (χ3v) is 4.34. The van der Waals surface area contributed by atoms with Crippen molar-refractivity contribution < 1.29 is 5.11 Å². The van der Waals surface area contributed by atoms with Crippen molar-refractivity contribution in [1.82, 2.24) is 9.97 Å². The lowest BCUT2D eigenvalue weighted by atomic mass is 10.1. The first-order chi connectivity index (χ1) is 11.6. The lowest BCUT2D eigenvalue weighted by molar-refractivity contribution is 0.477. The number of nitrogens with one attached hydrogen (secondary N) is 1. The zero-order valence-electron chi connectivity index (χ0n) is 13.5. The molecule has 0 bridgehead atoms. The fraction of sp³-hybridized carbons (Fsp3) is 0.211. The first kappa shape index (κ1) is 14.6. The standard InChI is InChI=1S/C19H18N4O/c1-12-6-7-14-16(10-12)21-18(15-4-2-3-5-17(15)24)22-19(14)23-9-8-13(20)11-23/h2-7,10,20,24H,8-9,11H2,1H3. The summed E-state index contributed by atoms with van der Waals surface area (Å²) in [6.07, 6.45) is 0.767. The Balaban J connectivity index is 1.96. The van der Waals surface area contributed by atoms with Crippen LogP contribution in [0.15, 0.2) is 42.5 Å². The van der Waals surface area contributed by atoms with Crippen molar-refractivity contribution in [2.45, 2.75) is 13.3 Å². The van der Waals surface area contributed by atoms with E-state index in [2.05, 4.69) is 16.0 Å². The summed E-state index contributed by atoms with van der Waals surface area (Å²) in [5.41, 5.74) is 3.33. The molecule has 1 fully saturated rings. The van der Waals surface area contributed by atoms with Gasteiger partial charge >= 0.3 is 0 Å². The van der Waals surface area contributed by atoms with Crippen LogP contribution in [0.25, 0.3) is 22.3 Å². The van der Waals surface area contributed by atoms with Gasteiger partial charge in [-0.1, -0.05) is 18.2 Å². The number of rotatable bonds is 2. The normalized spacial score (nSPS) is 14.5. The summed E-state index contributed by atoms with van der Waals surface area (Å²) in [5.74, 6) is 1.52. The molecule has 0 amide bonds. The number of nitrogens with zero attached hydrogens (tertiary/aromatic N) is 3. The molecule has 0 atom stereocenters. The van der Waals surface area contributed by atoms with Gasteiger partial charge in [0.1, 0.15) is 11.6 Å². The molecule has 120 valence electrons. The van der Waals surface area contributed by atoms with Crippen molar-refractivity contribution >= 4 is 22.4 Å². The van der Waals surface area contributed by atoms with Crippen LogP contribution in [0.1, 0.15) is 12.0 Å². The maximum atomic E-state index is 10.2. The van der Waals surface area contributed by atoms with Crippen LogP contribution in [0, 0.1) is 12.3 Å². The van der Waals surface area contributed by atoms with E-state index >= 15 is 0 Å². The summed E-state index contributed by atoms with van der Waals surface area (Å²) < 4.78 is 0. The molecular formula is C19H18N4O. The third-order valence-electron chi connectivity index (χ3n) is 4.34. The number of phenols is 1. The minimum atomic E-state index is 0.171. The smallest absolute Gasteiger partial charge is 0.165 e. The Labute approximate surface area is 140 Å². The highest BCUT2D eigenvalue weighted by Gasteiger charge is 2.22. The molecule has 4 rings (SSSR count). The fourth-order valence-electron chi connectivity index (χ4n) is 3.09. The fourth-order valence-corrected chi connectivity index (χ4v) is 3.09. The molecule has 1 saturated heterocycles. The number of para-hydroxylation sites is 1. The van der Waals surface area contributed by atoms with Gasteiger partial charge in [0.05, 0.1) is 17.6 Å². The van der Waals surface area contributed by atoms with E-state index in [1.54, 1.807) is 12.1 Å². The van der Waals surface area contributed by atoms with Gasteiger partial charge in [-0.05, 0) is 36.8 Å². The van der Waals surface area contributed by atoms with Crippen molar-refractivity contribution in [3.8, 4) is 17.1 Å². The minimum Gasteiger partial charge on any atom is -0.507 e. The van der Waals surface area contributed by atoms with Gasteiger partial charge in [0.2, 0.25) is 0 Å². The molecular weight excluding hydrogens is 300 g/mol.